The fraction of sp³-hybridized carbons (Fsp3) is 0. The van der Waals surface area contributed by atoms with E-state index in [1.54, 1.807) is 6.07 Å². The third-order valence-corrected chi connectivity index (χ3v) is 2.62. The molecule has 0 radical (unpaired) electrons. The van der Waals surface area contributed by atoms with Crippen LogP contribution in [-0.4, -0.2) is 12.2 Å². The highest BCUT2D eigenvalue weighted by atomic mass is 79.9. The van der Waals surface area contributed by atoms with Crippen molar-refractivity contribution in [2.75, 3.05) is 5.73 Å². The number of hydrogen-bond donors (Lipinski definition) is 3. The molecule has 1 rings (SSSR count). The molecule has 0 saturated heterocycles. The van der Waals surface area contributed by atoms with E-state index in [0.29, 0.717) is 11.3 Å². The number of carbonyl (C=O) groups excluding carboxylic acids is 1. The second kappa shape index (κ2) is 5.13. The average Bonchev–Trinajstić information content (AvgIpc) is 2.12. The molecule has 5 nitrogen and oxygen atoms in total. The number of rotatable bonds is 2. The molecule has 7 heteroatoms. The van der Waals surface area contributed by atoms with E-state index in [4.69, 9.17) is 11.5 Å². The molecule has 0 unspecified atom stereocenters. The van der Waals surface area contributed by atoms with E-state index in [1.165, 1.54) is 6.21 Å². The van der Waals surface area contributed by atoms with Gasteiger partial charge in [0.1, 0.15) is 0 Å². The zero-order chi connectivity index (χ0) is 11.4. The molecule has 2 amide bonds. The van der Waals surface area contributed by atoms with Gasteiger partial charge in [-0.05, 0) is 28.1 Å². The Morgan fingerprint density at radius 1 is 1.47 bits per heavy atom. The Morgan fingerprint density at radius 3 is 2.73 bits per heavy atom. The van der Waals surface area contributed by atoms with Crippen molar-refractivity contribution in [3.8, 4) is 0 Å². The molecule has 0 spiro atoms. The van der Waals surface area contributed by atoms with E-state index in [2.05, 4.69) is 42.4 Å². The van der Waals surface area contributed by atoms with Crippen LogP contribution in [0.2, 0.25) is 0 Å². The Kier molecular flexibility index (Phi) is 4.10. The van der Waals surface area contributed by atoms with Gasteiger partial charge < -0.3 is 11.5 Å². The number of anilines is 1. The minimum absolute atomic E-state index is 0.535. The topological polar surface area (TPSA) is 93.5 Å². The Labute approximate surface area is 103 Å². The zero-order valence-corrected chi connectivity index (χ0v) is 10.7. The Hall–Kier alpha value is -1.08. The van der Waals surface area contributed by atoms with Crippen LogP contribution >= 0.6 is 31.9 Å². The van der Waals surface area contributed by atoms with Crippen LogP contribution in [0.3, 0.4) is 0 Å². The molecule has 15 heavy (non-hydrogen) atoms. The van der Waals surface area contributed by atoms with Gasteiger partial charge in [-0.15, -0.1) is 0 Å². The normalized spacial score (nSPS) is 10.5. The molecule has 0 saturated carbocycles. The summed E-state index contributed by atoms with van der Waals surface area (Å²) in [5.74, 6) is 0. The number of nitrogens with one attached hydrogen (secondary N) is 1. The zero-order valence-electron chi connectivity index (χ0n) is 7.50. The smallest absolute Gasteiger partial charge is 0.332 e. The van der Waals surface area contributed by atoms with Gasteiger partial charge in [0.15, 0.2) is 0 Å². The van der Waals surface area contributed by atoms with Crippen LogP contribution in [0, 0.1) is 0 Å². The standard InChI is InChI=1S/C8H8Br2N4O/c9-5-1-4(3-13-14-8(12)15)7(11)6(10)2-5/h1-3H,11H2,(H3,12,14,15). The minimum Gasteiger partial charge on any atom is -0.397 e. The lowest BCUT2D eigenvalue weighted by Gasteiger charge is -2.03. The molecule has 5 N–H and O–H groups in total. The molecule has 0 heterocycles. The molecular weight excluding hydrogens is 328 g/mol. The third kappa shape index (κ3) is 3.52. The number of primary amides is 1. The summed E-state index contributed by atoms with van der Waals surface area (Å²) in [5.41, 5.74) is 13.9. The highest BCUT2D eigenvalue weighted by Gasteiger charge is 2.03. The van der Waals surface area contributed by atoms with Gasteiger partial charge in [-0.1, -0.05) is 15.9 Å². The van der Waals surface area contributed by atoms with Crippen LogP contribution in [0.5, 0.6) is 0 Å². The van der Waals surface area contributed by atoms with Gasteiger partial charge in [0.2, 0.25) is 0 Å². The average molecular weight is 336 g/mol. The summed E-state index contributed by atoms with van der Waals surface area (Å²) < 4.78 is 1.60. The molecule has 0 bridgehead atoms. The third-order valence-electron chi connectivity index (χ3n) is 1.50. The number of carbonyl (C=O) groups is 1. The van der Waals surface area contributed by atoms with Crippen molar-refractivity contribution >= 4 is 49.8 Å². The number of nitrogens with zero attached hydrogens (tertiary/aromatic N) is 1. The number of nitrogen functional groups attached to an aromatic ring is 1. The van der Waals surface area contributed by atoms with E-state index in [0.717, 1.165) is 8.95 Å². The fourth-order valence-corrected chi connectivity index (χ4v) is 2.14. The van der Waals surface area contributed by atoms with Crippen molar-refractivity contribution in [2.24, 2.45) is 10.8 Å². The van der Waals surface area contributed by atoms with E-state index < -0.39 is 6.03 Å². The van der Waals surface area contributed by atoms with Gasteiger partial charge in [-0.2, -0.15) is 5.10 Å². The first-order valence-corrected chi connectivity index (χ1v) is 5.42. The molecule has 1 aromatic carbocycles. The van der Waals surface area contributed by atoms with E-state index >= 15 is 0 Å². The Bertz CT molecular complexity index is 419. The summed E-state index contributed by atoms with van der Waals surface area (Å²) in [4.78, 5) is 10.4. The van der Waals surface area contributed by atoms with Gasteiger partial charge in [0.25, 0.3) is 0 Å². The maximum Gasteiger partial charge on any atom is 0.332 e. The second-order valence-electron chi connectivity index (χ2n) is 2.62. The largest absolute Gasteiger partial charge is 0.397 e. The minimum atomic E-state index is -0.723. The molecule has 0 aliphatic rings. The maximum atomic E-state index is 10.4. The molecule has 0 fully saturated rings. The van der Waals surface area contributed by atoms with E-state index in [1.807, 2.05) is 6.07 Å². The predicted molar refractivity (Wildman–Crippen MR) is 66.6 cm³/mol. The number of amides is 2. The maximum absolute atomic E-state index is 10.4. The van der Waals surface area contributed by atoms with Crippen molar-refractivity contribution < 1.29 is 4.79 Å². The first kappa shape index (κ1) is 12.0. The summed E-state index contributed by atoms with van der Waals surface area (Å²) in [5, 5.41) is 3.61. The number of nitrogens with two attached hydrogens (primary N) is 2. The van der Waals surface area contributed by atoms with Crippen molar-refractivity contribution in [3.05, 3.63) is 26.6 Å². The number of hydrogen-bond acceptors (Lipinski definition) is 3. The Balaban J connectivity index is 2.94. The lowest BCUT2D eigenvalue weighted by atomic mass is 10.2. The SMILES string of the molecule is NC(=O)NN=Cc1cc(Br)cc(Br)c1N. The summed E-state index contributed by atoms with van der Waals surface area (Å²) >= 11 is 6.60. The molecular formula is C8H8Br2N4O. The summed E-state index contributed by atoms with van der Waals surface area (Å²) in [6, 6.07) is 2.86. The van der Waals surface area contributed by atoms with Crippen molar-refractivity contribution in [1.82, 2.24) is 5.43 Å². The highest BCUT2D eigenvalue weighted by molar-refractivity contribution is 9.11. The predicted octanol–water partition coefficient (Wildman–Crippen LogP) is 1.80. The molecule has 0 aliphatic carbocycles. The molecule has 0 atom stereocenters. The van der Waals surface area contributed by atoms with E-state index in [9.17, 15) is 4.79 Å². The number of urea groups is 1. The first-order valence-electron chi connectivity index (χ1n) is 3.83. The first-order chi connectivity index (χ1) is 7.00. The molecule has 0 aliphatic heterocycles. The Morgan fingerprint density at radius 2 is 2.13 bits per heavy atom. The second-order valence-corrected chi connectivity index (χ2v) is 4.39. The monoisotopic (exact) mass is 334 g/mol. The summed E-state index contributed by atoms with van der Waals surface area (Å²) in [7, 11) is 0. The summed E-state index contributed by atoms with van der Waals surface area (Å²) in [6.07, 6.45) is 1.41. The van der Waals surface area contributed by atoms with Crippen LogP contribution in [0.4, 0.5) is 10.5 Å². The number of hydrazone groups is 1. The highest BCUT2D eigenvalue weighted by Crippen LogP contribution is 2.26. The van der Waals surface area contributed by atoms with Gasteiger partial charge in [-0.3, -0.25) is 0 Å². The lowest BCUT2D eigenvalue weighted by Crippen LogP contribution is -2.24. The van der Waals surface area contributed by atoms with Crippen LogP contribution in [0.15, 0.2) is 26.2 Å². The van der Waals surface area contributed by atoms with Gasteiger partial charge in [0, 0.05) is 14.5 Å². The van der Waals surface area contributed by atoms with E-state index in [-0.39, 0.29) is 0 Å². The molecule has 80 valence electrons. The quantitative estimate of drug-likeness (QED) is 0.436. The van der Waals surface area contributed by atoms with Crippen molar-refractivity contribution in [1.29, 1.82) is 0 Å². The number of benzene rings is 1. The lowest BCUT2D eigenvalue weighted by molar-refractivity contribution is 0.249. The fourth-order valence-electron chi connectivity index (χ4n) is 0.877. The van der Waals surface area contributed by atoms with Gasteiger partial charge in [0.05, 0.1) is 11.9 Å². The van der Waals surface area contributed by atoms with Crippen molar-refractivity contribution in [2.45, 2.75) is 0 Å². The molecule has 1 aromatic rings. The van der Waals surface area contributed by atoms with Crippen molar-refractivity contribution in [3.63, 3.8) is 0 Å². The number of halogens is 2. The van der Waals surface area contributed by atoms with Crippen LogP contribution in [0.25, 0.3) is 0 Å². The van der Waals surface area contributed by atoms with Crippen LogP contribution in [-0.2, 0) is 0 Å². The van der Waals surface area contributed by atoms with Gasteiger partial charge in [-0.25, -0.2) is 10.2 Å². The van der Waals surface area contributed by atoms with Gasteiger partial charge >= 0.3 is 6.03 Å². The van der Waals surface area contributed by atoms with Crippen LogP contribution < -0.4 is 16.9 Å². The molecule has 0 aromatic heterocycles. The van der Waals surface area contributed by atoms with Crippen LogP contribution in [0.1, 0.15) is 5.56 Å². The summed E-state index contributed by atoms with van der Waals surface area (Å²) in [6.45, 7) is 0.